The molecule has 0 aromatic heterocycles. The van der Waals surface area contributed by atoms with Gasteiger partial charge in [-0.2, -0.15) is 0 Å². The van der Waals surface area contributed by atoms with Crippen molar-refractivity contribution in [1.82, 2.24) is 0 Å². The fourth-order valence-electron chi connectivity index (χ4n) is 1.56. The quantitative estimate of drug-likeness (QED) is 0.330. The maximum atomic E-state index is 10.7. The van der Waals surface area contributed by atoms with Crippen LogP contribution in [0.5, 0.6) is 17.2 Å². The number of ketones is 1. The number of rotatable bonds is 2. The van der Waals surface area contributed by atoms with Crippen molar-refractivity contribution in [2.45, 2.75) is 13.8 Å². The molecule has 2 aromatic rings. The Morgan fingerprint density at radius 3 is 2.00 bits per heavy atom. The van der Waals surface area contributed by atoms with Gasteiger partial charge in [0.05, 0.1) is 20.6 Å². The predicted octanol–water partition coefficient (Wildman–Crippen LogP) is 4.87. The van der Waals surface area contributed by atoms with Crippen molar-refractivity contribution in [3.8, 4) is 17.2 Å². The van der Waals surface area contributed by atoms with Gasteiger partial charge < -0.3 is 14.9 Å². The van der Waals surface area contributed by atoms with Gasteiger partial charge in [-0.25, -0.2) is 0 Å². The molecule has 128 valence electrons. The van der Waals surface area contributed by atoms with Crippen LogP contribution < -0.4 is 4.74 Å². The van der Waals surface area contributed by atoms with E-state index in [1.165, 1.54) is 38.1 Å². The molecular formula is C16H13Cl3O5. The summed E-state index contributed by atoms with van der Waals surface area (Å²) in [7, 11) is 0. The highest BCUT2D eigenvalue weighted by molar-refractivity contribution is 6.43. The van der Waals surface area contributed by atoms with Gasteiger partial charge in [0, 0.05) is 19.1 Å². The molecule has 0 aliphatic rings. The van der Waals surface area contributed by atoms with Crippen LogP contribution in [0.1, 0.15) is 24.2 Å². The van der Waals surface area contributed by atoms with Gasteiger partial charge in [0.2, 0.25) is 0 Å². The molecule has 24 heavy (non-hydrogen) atoms. The first-order valence-corrected chi connectivity index (χ1v) is 7.61. The minimum Gasteiger partial charge on any atom is -0.508 e. The average Bonchev–Trinajstić information content (AvgIpc) is 2.44. The van der Waals surface area contributed by atoms with Crippen LogP contribution in [0.3, 0.4) is 0 Å². The smallest absolute Gasteiger partial charge is 0.308 e. The summed E-state index contributed by atoms with van der Waals surface area (Å²) in [5.41, 5.74) is 0.225. The summed E-state index contributed by atoms with van der Waals surface area (Å²) in [4.78, 5) is 21.3. The van der Waals surface area contributed by atoms with E-state index in [9.17, 15) is 9.59 Å². The minimum absolute atomic E-state index is 0.0486. The van der Waals surface area contributed by atoms with Crippen molar-refractivity contribution in [1.29, 1.82) is 0 Å². The van der Waals surface area contributed by atoms with Crippen LogP contribution in [-0.2, 0) is 4.79 Å². The molecule has 8 heteroatoms. The first kappa shape index (κ1) is 20.1. The van der Waals surface area contributed by atoms with Gasteiger partial charge in [-0.05, 0) is 25.1 Å². The molecular weight excluding hydrogens is 379 g/mol. The normalized spacial score (nSPS) is 9.71. The van der Waals surface area contributed by atoms with Crippen LogP contribution in [0, 0.1) is 0 Å². The number of hydrogen-bond acceptors (Lipinski definition) is 5. The molecule has 0 spiro atoms. The third-order valence-corrected chi connectivity index (χ3v) is 3.61. The van der Waals surface area contributed by atoms with Crippen LogP contribution in [0.2, 0.25) is 15.1 Å². The van der Waals surface area contributed by atoms with Gasteiger partial charge in [0.1, 0.15) is 11.5 Å². The maximum Gasteiger partial charge on any atom is 0.308 e. The van der Waals surface area contributed by atoms with E-state index >= 15 is 0 Å². The lowest BCUT2D eigenvalue weighted by atomic mass is 10.1. The number of phenolic OH excluding ortho intramolecular Hbond substituents is 2. The molecule has 0 saturated carbocycles. The molecule has 2 rings (SSSR count). The number of aromatic hydroxyl groups is 2. The van der Waals surface area contributed by atoms with Crippen molar-refractivity contribution in [3.63, 3.8) is 0 Å². The largest absolute Gasteiger partial charge is 0.508 e. The lowest BCUT2D eigenvalue weighted by Crippen LogP contribution is -2.01. The lowest BCUT2D eigenvalue weighted by molar-refractivity contribution is -0.131. The monoisotopic (exact) mass is 390 g/mol. The predicted molar refractivity (Wildman–Crippen MR) is 92.6 cm³/mol. The summed E-state index contributed by atoms with van der Waals surface area (Å²) in [5, 5.41) is 18.8. The Balaban J connectivity index is 0.000000243. The van der Waals surface area contributed by atoms with Gasteiger partial charge >= 0.3 is 5.97 Å². The first-order valence-electron chi connectivity index (χ1n) is 6.47. The van der Waals surface area contributed by atoms with Gasteiger partial charge in [0.15, 0.2) is 11.5 Å². The molecule has 0 aliphatic carbocycles. The van der Waals surface area contributed by atoms with Crippen molar-refractivity contribution in [2.24, 2.45) is 0 Å². The minimum atomic E-state index is -0.458. The number of Topliss-reactive ketones (excluding diaryl/α,β-unsaturated/α-hetero) is 1. The zero-order valence-electron chi connectivity index (χ0n) is 12.6. The number of carbonyl (C=O) groups is 2. The van der Waals surface area contributed by atoms with Crippen molar-refractivity contribution >= 4 is 46.6 Å². The standard InChI is InChI=1S/C8H5Cl3O2.C8H8O3/c1-4(12)13-8-3-6(10)5(9)2-7(8)11;1-5(9)7-3-2-6(10)4-8(7)11/h2-3H,1H3;2-4,10-11H,1H3. The highest BCUT2D eigenvalue weighted by Crippen LogP contribution is 2.33. The van der Waals surface area contributed by atoms with E-state index in [0.29, 0.717) is 10.0 Å². The fraction of sp³-hybridized carbons (Fsp3) is 0.125. The van der Waals surface area contributed by atoms with Crippen LogP contribution in [-0.4, -0.2) is 22.0 Å². The average molecular weight is 392 g/mol. The molecule has 0 atom stereocenters. The summed E-state index contributed by atoms with van der Waals surface area (Å²) in [6, 6.07) is 6.69. The van der Waals surface area contributed by atoms with E-state index in [0.717, 1.165) is 6.07 Å². The molecule has 5 nitrogen and oxygen atoms in total. The number of hydrogen-bond donors (Lipinski definition) is 2. The molecule has 0 fully saturated rings. The van der Waals surface area contributed by atoms with E-state index in [1.807, 2.05) is 0 Å². The second kappa shape index (κ2) is 8.78. The fourth-order valence-corrected chi connectivity index (χ4v) is 2.13. The summed E-state index contributed by atoms with van der Waals surface area (Å²) < 4.78 is 4.77. The van der Waals surface area contributed by atoms with E-state index in [4.69, 9.17) is 49.8 Å². The molecule has 0 saturated heterocycles. The molecule has 0 unspecified atom stereocenters. The molecule has 2 N–H and O–H groups in total. The second-order valence-corrected chi connectivity index (χ2v) is 5.77. The van der Waals surface area contributed by atoms with Crippen LogP contribution in [0.4, 0.5) is 0 Å². The highest BCUT2D eigenvalue weighted by atomic mass is 35.5. The van der Waals surface area contributed by atoms with E-state index in [1.54, 1.807) is 0 Å². The number of ether oxygens (including phenoxy) is 1. The van der Waals surface area contributed by atoms with Crippen LogP contribution >= 0.6 is 34.8 Å². The molecule has 0 bridgehead atoms. The highest BCUT2D eigenvalue weighted by Gasteiger charge is 2.08. The second-order valence-electron chi connectivity index (χ2n) is 4.55. The molecule has 0 radical (unpaired) electrons. The zero-order valence-corrected chi connectivity index (χ0v) is 14.9. The van der Waals surface area contributed by atoms with Crippen molar-refractivity contribution < 1.29 is 24.5 Å². The Morgan fingerprint density at radius 2 is 1.50 bits per heavy atom. The Hall–Kier alpha value is -1.95. The summed E-state index contributed by atoms with van der Waals surface area (Å²) in [6.45, 7) is 2.63. The van der Waals surface area contributed by atoms with E-state index < -0.39 is 5.97 Å². The Labute approximate surface area is 153 Å². The van der Waals surface area contributed by atoms with E-state index in [2.05, 4.69) is 0 Å². The van der Waals surface area contributed by atoms with Crippen LogP contribution in [0.25, 0.3) is 0 Å². The van der Waals surface area contributed by atoms with Crippen LogP contribution in [0.15, 0.2) is 30.3 Å². The molecule has 0 heterocycles. The number of esters is 1. The number of halogens is 3. The number of carbonyl (C=O) groups excluding carboxylic acids is 2. The first-order chi connectivity index (χ1) is 11.1. The number of benzene rings is 2. The Bertz CT molecular complexity index is 775. The zero-order chi connectivity index (χ0) is 18.4. The van der Waals surface area contributed by atoms with E-state index in [-0.39, 0.29) is 33.6 Å². The SMILES string of the molecule is CC(=O)Oc1cc(Cl)c(Cl)cc1Cl.CC(=O)c1ccc(O)cc1O. The summed E-state index contributed by atoms with van der Waals surface area (Å²) in [5.74, 6) is -0.698. The number of phenols is 2. The maximum absolute atomic E-state index is 10.7. The Morgan fingerprint density at radius 1 is 0.917 bits per heavy atom. The van der Waals surface area contributed by atoms with Crippen molar-refractivity contribution in [3.05, 3.63) is 51.0 Å². The van der Waals surface area contributed by atoms with Gasteiger partial charge in [-0.3, -0.25) is 9.59 Å². The summed E-state index contributed by atoms with van der Waals surface area (Å²) >= 11 is 17.1. The molecule has 0 amide bonds. The van der Waals surface area contributed by atoms with Gasteiger partial charge in [0.25, 0.3) is 0 Å². The topological polar surface area (TPSA) is 83.8 Å². The van der Waals surface area contributed by atoms with Gasteiger partial charge in [-0.15, -0.1) is 0 Å². The lowest BCUT2D eigenvalue weighted by Gasteiger charge is -2.04. The third kappa shape index (κ3) is 5.92. The Kier molecular flexibility index (Phi) is 7.35. The molecule has 2 aromatic carbocycles. The molecule has 0 aliphatic heterocycles. The van der Waals surface area contributed by atoms with Crippen molar-refractivity contribution in [2.75, 3.05) is 0 Å². The van der Waals surface area contributed by atoms with Gasteiger partial charge in [-0.1, -0.05) is 34.8 Å². The summed E-state index contributed by atoms with van der Waals surface area (Å²) in [6.07, 6.45) is 0. The third-order valence-electron chi connectivity index (χ3n) is 2.59.